The van der Waals surface area contributed by atoms with Crippen LogP contribution in [0.1, 0.15) is 10.4 Å². The fraction of sp³-hybridized carbons (Fsp3) is 0.125. The summed E-state index contributed by atoms with van der Waals surface area (Å²) in [5.41, 5.74) is 5.04. The Bertz CT molecular complexity index is 415. The Hall–Kier alpha value is -2.11. The van der Waals surface area contributed by atoms with Crippen LogP contribution in [0, 0.1) is 0 Å². The third-order valence-corrected chi connectivity index (χ3v) is 1.90. The number of benzene rings is 1. The molecule has 74 valence electrons. The second-order valence-corrected chi connectivity index (χ2v) is 2.73. The first kappa shape index (κ1) is 8.49. The fourth-order valence-electron chi connectivity index (χ4n) is 1.22. The summed E-state index contributed by atoms with van der Waals surface area (Å²) in [6.45, 7) is -0.0257. The molecule has 6 heteroatoms. The lowest BCUT2D eigenvalue weighted by atomic mass is 10.1. The summed E-state index contributed by atoms with van der Waals surface area (Å²) in [4.78, 5) is 10.7. The number of carboxylic acids is 1. The summed E-state index contributed by atoms with van der Waals surface area (Å²) in [6, 6.07) is 1.18. The van der Waals surface area contributed by atoms with Gasteiger partial charge in [-0.25, -0.2) is 4.79 Å². The third kappa shape index (κ3) is 1.00. The number of hydrogen-bond donors (Lipinski definition) is 3. The molecule has 0 aliphatic carbocycles. The van der Waals surface area contributed by atoms with Crippen molar-refractivity contribution in [3.8, 4) is 17.2 Å². The lowest BCUT2D eigenvalue weighted by molar-refractivity contribution is 0.0693. The maximum absolute atomic E-state index is 10.7. The molecule has 1 heterocycles. The molecule has 0 spiro atoms. The number of carbonyl (C=O) groups is 1. The number of rotatable bonds is 1. The highest BCUT2D eigenvalue weighted by Crippen LogP contribution is 2.44. The second-order valence-electron chi connectivity index (χ2n) is 2.73. The van der Waals surface area contributed by atoms with Crippen LogP contribution >= 0.6 is 0 Å². The molecule has 0 fully saturated rings. The maximum atomic E-state index is 10.7. The van der Waals surface area contributed by atoms with Crippen molar-refractivity contribution in [3.05, 3.63) is 11.6 Å². The molecule has 14 heavy (non-hydrogen) atoms. The number of carboxylic acid groups (broad SMARTS) is 1. The van der Waals surface area contributed by atoms with Gasteiger partial charge in [-0.1, -0.05) is 0 Å². The van der Waals surface area contributed by atoms with Gasteiger partial charge in [0.05, 0.1) is 0 Å². The molecule has 2 rings (SSSR count). The number of aromatic hydroxyl groups is 1. The van der Waals surface area contributed by atoms with E-state index in [1.807, 2.05) is 0 Å². The highest BCUT2D eigenvalue weighted by atomic mass is 16.7. The van der Waals surface area contributed by atoms with E-state index in [0.717, 1.165) is 0 Å². The molecule has 0 atom stereocenters. The molecule has 0 unspecified atom stereocenters. The Balaban J connectivity index is 2.67. The predicted octanol–water partition coefficient (Wildman–Crippen LogP) is 0.401. The molecule has 1 aromatic carbocycles. The van der Waals surface area contributed by atoms with Gasteiger partial charge in [-0.15, -0.1) is 0 Å². The van der Waals surface area contributed by atoms with Gasteiger partial charge in [0, 0.05) is 6.07 Å². The van der Waals surface area contributed by atoms with Gasteiger partial charge in [0.25, 0.3) is 0 Å². The van der Waals surface area contributed by atoms with Crippen molar-refractivity contribution >= 4 is 11.7 Å². The average Bonchev–Trinajstić information content (AvgIpc) is 2.58. The van der Waals surface area contributed by atoms with E-state index < -0.39 is 11.7 Å². The highest BCUT2D eigenvalue weighted by Gasteiger charge is 2.24. The van der Waals surface area contributed by atoms with Gasteiger partial charge in [-0.3, -0.25) is 0 Å². The highest BCUT2D eigenvalue weighted by molar-refractivity contribution is 5.95. The summed E-state index contributed by atoms with van der Waals surface area (Å²) < 4.78 is 9.89. The van der Waals surface area contributed by atoms with Crippen LogP contribution in [0.4, 0.5) is 5.69 Å². The molecule has 1 aliphatic heterocycles. The molecule has 0 aromatic heterocycles. The van der Waals surface area contributed by atoms with Crippen LogP contribution in [0.5, 0.6) is 17.2 Å². The minimum atomic E-state index is -1.27. The molecule has 0 saturated carbocycles. The lowest BCUT2D eigenvalue weighted by Crippen LogP contribution is -2.00. The topological polar surface area (TPSA) is 102 Å². The maximum Gasteiger partial charge on any atom is 0.339 e. The summed E-state index contributed by atoms with van der Waals surface area (Å²) in [6.07, 6.45) is 0. The zero-order valence-corrected chi connectivity index (χ0v) is 6.98. The van der Waals surface area contributed by atoms with Crippen molar-refractivity contribution in [1.82, 2.24) is 0 Å². The Morgan fingerprint density at radius 1 is 1.50 bits per heavy atom. The number of phenols is 1. The van der Waals surface area contributed by atoms with Crippen molar-refractivity contribution in [2.24, 2.45) is 0 Å². The van der Waals surface area contributed by atoms with Crippen molar-refractivity contribution in [2.75, 3.05) is 12.5 Å². The molecular formula is C8H7NO5. The first-order valence-corrected chi connectivity index (χ1v) is 3.75. The smallest absolute Gasteiger partial charge is 0.339 e. The SMILES string of the molecule is Nc1c(O)c(C(=O)O)cc2c1OCO2. The summed E-state index contributed by atoms with van der Waals surface area (Å²) in [5, 5.41) is 18.1. The van der Waals surface area contributed by atoms with Gasteiger partial charge in [0.15, 0.2) is 17.2 Å². The van der Waals surface area contributed by atoms with E-state index in [1.165, 1.54) is 6.07 Å². The number of fused-ring (bicyclic) bond motifs is 1. The monoisotopic (exact) mass is 197 g/mol. The number of ether oxygens (including phenoxy) is 2. The van der Waals surface area contributed by atoms with Crippen LogP contribution in [0.25, 0.3) is 0 Å². The fourth-order valence-corrected chi connectivity index (χ4v) is 1.22. The number of aromatic carboxylic acids is 1. The van der Waals surface area contributed by atoms with Crippen LogP contribution in [0.3, 0.4) is 0 Å². The van der Waals surface area contributed by atoms with Crippen molar-refractivity contribution < 1.29 is 24.5 Å². The largest absolute Gasteiger partial charge is 0.505 e. The zero-order valence-electron chi connectivity index (χ0n) is 6.98. The first-order valence-electron chi connectivity index (χ1n) is 3.75. The minimum absolute atomic E-state index is 0.0257. The number of anilines is 1. The standard InChI is InChI=1S/C8H7NO5/c9-5-6(10)3(8(11)12)1-4-7(5)14-2-13-4/h1,10H,2,9H2,(H,11,12). The molecule has 0 bridgehead atoms. The normalized spacial score (nSPS) is 12.9. The molecule has 0 radical (unpaired) electrons. The molecule has 4 N–H and O–H groups in total. The number of nitrogens with two attached hydrogens (primary N) is 1. The van der Waals surface area contributed by atoms with Crippen molar-refractivity contribution in [1.29, 1.82) is 0 Å². The van der Waals surface area contributed by atoms with E-state index in [9.17, 15) is 9.90 Å². The molecular weight excluding hydrogens is 190 g/mol. The molecule has 1 aromatic rings. The molecule has 6 nitrogen and oxygen atoms in total. The van der Waals surface area contributed by atoms with Gasteiger partial charge in [0.1, 0.15) is 11.3 Å². The summed E-state index contributed by atoms with van der Waals surface area (Å²) in [5.74, 6) is -1.35. The molecule has 0 saturated heterocycles. The Morgan fingerprint density at radius 3 is 2.86 bits per heavy atom. The Labute approximate surface area is 78.5 Å². The predicted molar refractivity (Wildman–Crippen MR) is 45.6 cm³/mol. The van der Waals surface area contributed by atoms with Crippen LogP contribution in [-0.2, 0) is 0 Å². The summed E-state index contributed by atoms with van der Waals surface area (Å²) in [7, 11) is 0. The van der Waals surface area contributed by atoms with Gasteiger partial charge < -0.3 is 25.4 Å². The summed E-state index contributed by atoms with van der Waals surface area (Å²) >= 11 is 0. The van der Waals surface area contributed by atoms with Crippen LogP contribution < -0.4 is 15.2 Å². The first-order chi connectivity index (χ1) is 6.61. The number of nitrogen functional groups attached to an aromatic ring is 1. The lowest BCUT2D eigenvalue weighted by Gasteiger charge is -2.05. The van der Waals surface area contributed by atoms with E-state index in [1.54, 1.807) is 0 Å². The van der Waals surface area contributed by atoms with E-state index in [0.29, 0.717) is 0 Å². The van der Waals surface area contributed by atoms with Crippen molar-refractivity contribution in [2.45, 2.75) is 0 Å². The molecule has 0 amide bonds. The second kappa shape index (κ2) is 2.69. The molecule has 1 aliphatic rings. The van der Waals surface area contributed by atoms with Crippen LogP contribution in [0.2, 0.25) is 0 Å². The van der Waals surface area contributed by atoms with Crippen molar-refractivity contribution in [3.63, 3.8) is 0 Å². The van der Waals surface area contributed by atoms with Gasteiger partial charge in [0.2, 0.25) is 6.79 Å². The zero-order chi connectivity index (χ0) is 10.3. The van der Waals surface area contributed by atoms with E-state index in [4.69, 9.17) is 20.3 Å². The van der Waals surface area contributed by atoms with Crippen LogP contribution in [0.15, 0.2) is 6.07 Å². The van der Waals surface area contributed by atoms with E-state index in [-0.39, 0.29) is 29.5 Å². The van der Waals surface area contributed by atoms with Crippen LogP contribution in [-0.4, -0.2) is 23.0 Å². The Kier molecular flexibility index (Phi) is 1.63. The number of hydrogen-bond acceptors (Lipinski definition) is 5. The van der Waals surface area contributed by atoms with E-state index >= 15 is 0 Å². The van der Waals surface area contributed by atoms with E-state index in [2.05, 4.69) is 0 Å². The Morgan fingerprint density at radius 2 is 2.21 bits per heavy atom. The minimum Gasteiger partial charge on any atom is -0.505 e. The quantitative estimate of drug-likeness (QED) is 0.445. The van der Waals surface area contributed by atoms with Gasteiger partial charge in [-0.2, -0.15) is 0 Å². The van der Waals surface area contributed by atoms with Gasteiger partial charge in [-0.05, 0) is 0 Å². The van der Waals surface area contributed by atoms with Gasteiger partial charge >= 0.3 is 5.97 Å². The average molecular weight is 197 g/mol. The third-order valence-electron chi connectivity index (χ3n) is 1.90.